The van der Waals surface area contributed by atoms with Crippen LogP contribution in [0.3, 0.4) is 0 Å². The Hall–Kier alpha value is -6.84. The Balaban J connectivity index is 1.17. The van der Waals surface area contributed by atoms with Gasteiger partial charge in [-0.2, -0.15) is 0 Å². The molecule has 0 radical (unpaired) electrons. The lowest BCUT2D eigenvalue weighted by Crippen LogP contribution is -2.11. The van der Waals surface area contributed by atoms with E-state index in [1.165, 1.54) is 44.1 Å². The molecule has 3 nitrogen and oxygen atoms in total. The molecule has 3 heteroatoms. The van der Waals surface area contributed by atoms with Crippen LogP contribution < -0.4 is 4.90 Å². The molecule has 0 N–H and O–H groups in total. The maximum absolute atomic E-state index is 6.68. The number of para-hydroxylation sites is 4. The molecule has 0 spiro atoms. The molecule has 8 aromatic carbocycles. The maximum atomic E-state index is 6.68. The number of anilines is 3. The third-order valence-electron chi connectivity index (χ3n) is 10.6. The normalized spacial score (nSPS) is 11.6. The number of fused-ring (bicyclic) bond motifs is 6. The summed E-state index contributed by atoms with van der Waals surface area (Å²) < 4.78 is 9.04. The van der Waals surface area contributed by atoms with Crippen molar-refractivity contribution in [3.63, 3.8) is 0 Å². The van der Waals surface area contributed by atoms with Gasteiger partial charge in [-0.3, -0.25) is 0 Å². The van der Waals surface area contributed by atoms with Gasteiger partial charge < -0.3 is 13.9 Å². The molecule has 0 saturated carbocycles. The van der Waals surface area contributed by atoms with Gasteiger partial charge in [0.05, 0.1) is 11.0 Å². The number of nitrogens with zero attached hydrogens (tertiary/aromatic N) is 2. The molecule has 0 unspecified atom stereocenters. The molecule has 0 saturated heterocycles. The topological polar surface area (TPSA) is 21.3 Å². The van der Waals surface area contributed by atoms with Crippen LogP contribution >= 0.6 is 0 Å². The van der Waals surface area contributed by atoms with Crippen molar-refractivity contribution in [1.29, 1.82) is 0 Å². The van der Waals surface area contributed by atoms with Crippen molar-refractivity contribution in [1.82, 2.24) is 4.57 Å². The number of benzene rings is 8. The standard InChI is InChI=1S/C50H36N2O/c1-33-29-39(30-34(2)49(33)36-15-5-3-6-16-36)51(37-17-7-4-8-18-37)40-31-44(50-45(32-40)43-21-11-14-24-48(43)53-50)35-25-27-38(28-26-35)52-46-22-12-9-19-41(46)42-20-10-13-23-47(42)52/h3-32H,1-2H3. The van der Waals surface area contributed by atoms with Gasteiger partial charge in [0.25, 0.3) is 0 Å². The van der Waals surface area contributed by atoms with Gasteiger partial charge in [-0.05, 0) is 108 Å². The minimum Gasteiger partial charge on any atom is -0.455 e. The first-order chi connectivity index (χ1) is 26.1. The second-order valence-corrected chi connectivity index (χ2v) is 13.9. The maximum Gasteiger partial charge on any atom is 0.143 e. The average Bonchev–Trinajstić information content (AvgIpc) is 3.75. The molecule has 0 fully saturated rings. The predicted octanol–water partition coefficient (Wildman–Crippen LogP) is 14.1. The van der Waals surface area contributed by atoms with Gasteiger partial charge in [0.1, 0.15) is 11.2 Å². The number of rotatable bonds is 6. The fraction of sp³-hybridized carbons (Fsp3) is 0.0400. The minimum absolute atomic E-state index is 0.882. The van der Waals surface area contributed by atoms with Crippen LogP contribution in [0.25, 0.3) is 71.7 Å². The summed E-state index contributed by atoms with van der Waals surface area (Å²) in [6, 6.07) is 65.2. The summed E-state index contributed by atoms with van der Waals surface area (Å²) in [5.41, 5.74) is 15.7. The number of aromatic nitrogens is 1. The number of hydrogen-bond acceptors (Lipinski definition) is 2. The molecule has 0 atom stereocenters. The Morgan fingerprint density at radius 1 is 0.434 bits per heavy atom. The van der Waals surface area contributed by atoms with E-state index in [4.69, 9.17) is 4.42 Å². The van der Waals surface area contributed by atoms with Gasteiger partial charge in [-0.1, -0.05) is 115 Å². The molecule has 252 valence electrons. The monoisotopic (exact) mass is 680 g/mol. The zero-order valence-electron chi connectivity index (χ0n) is 29.6. The molecule has 2 aromatic heterocycles. The lowest BCUT2D eigenvalue weighted by atomic mass is 9.94. The predicted molar refractivity (Wildman–Crippen MR) is 223 cm³/mol. The van der Waals surface area contributed by atoms with E-state index in [-0.39, 0.29) is 0 Å². The third-order valence-corrected chi connectivity index (χ3v) is 10.6. The average molecular weight is 681 g/mol. The van der Waals surface area contributed by atoms with Gasteiger partial charge >= 0.3 is 0 Å². The Bertz CT molecular complexity index is 2880. The van der Waals surface area contributed by atoms with Crippen molar-refractivity contribution in [3.05, 3.63) is 193 Å². The second-order valence-electron chi connectivity index (χ2n) is 13.9. The molecule has 0 bridgehead atoms. The van der Waals surface area contributed by atoms with Crippen molar-refractivity contribution in [2.75, 3.05) is 4.90 Å². The Morgan fingerprint density at radius 3 is 1.64 bits per heavy atom. The smallest absolute Gasteiger partial charge is 0.143 e. The summed E-state index contributed by atoms with van der Waals surface area (Å²) in [4.78, 5) is 2.38. The van der Waals surface area contributed by atoms with Gasteiger partial charge in [0.2, 0.25) is 0 Å². The molecule has 0 aliphatic heterocycles. The number of furan rings is 1. The molecular weight excluding hydrogens is 645 g/mol. The van der Waals surface area contributed by atoms with Crippen molar-refractivity contribution in [2.24, 2.45) is 0 Å². The summed E-state index contributed by atoms with van der Waals surface area (Å²) in [6.07, 6.45) is 0. The number of hydrogen-bond donors (Lipinski definition) is 0. The lowest BCUT2D eigenvalue weighted by Gasteiger charge is -2.28. The zero-order chi connectivity index (χ0) is 35.5. The lowest BCUT2D eigenvalue weighted by molar-refractivity contribution is 0.670. The molecule has 2 heterocycles. The van der Waals surface area contributed by atoms with E-state index < -0.39 is 0 Å². The zero-order valence-corrected chi connectivity index (χ0v) is 29.6. The van der Waals surface area contributed by atoms with Crippen LogP contribution in [0, 0.1) is 13.8 Å². The summed E-state index contributed by atoms with van der Waals surface area (Å²) >= 11 is 0. The summed E-state index contributed by atoms with van der Waals surface area (Å²) in [6.45, 7) is 4.44. The van der Waals surface area contributed by atoms with Crippen LogP contribution in [0.15, 0.2) is 186 Å². The third kappa shape index (κ3) is 5.12. The highest BCUT2D eigenvalue weighted by Gasteiger charge is 2.21. The molecule has 0 aliphatic rings. The Morgan fingerprint density at radius 2 is 0.981 bits per heavy atom. The van der Waals surface area contributed by atoms with E-state index >= 15 is 0 Å². The first-order valence-corrected chi connectivity index (χ1v) is 18.2. The first kappa shape index (κ1) is 30.9. The molecule has 10 aromatic rings. The van der Waals surface area contributed by atoms with E-state index in [9.17, 15) is 0 Å². The van der Waals surface area contributed by atoms with E-state index in [2.05, 4.69) is 199 Å². The van der Waals surface area contributed by atoms with E-state index in [1.807, 2.05) is 6.07 Å². The van der Waals surface area contributed by atoms with Crippen LogP contribution in [0.4, 0.5) is 17.1 Å². The van der Waals surface area contributed by atoms with E-state index in [0.717, 1.165) is 55.8 Å². The summed E-state index contributed by atoms with van der Waals surface area (Å²) in [7, 11) is 0. The van der Waals surface area contributed by atoms with Crippen LogP contribution in [-0.4, -0.2) is 4.57 Å². The Kier molecular flexibility index (Phi) is 7.26. The SMILES string of the molecule is Cc1cc(N(c2ccccc2)c2cc(-c3ccc(-n4c5ccccc5c5ccccc54)cc3)c3oc4ccccc4c3c2)cc(C)c1-c1ccccc1. The van der Waals surface area contributed by atoms with Gasteiger partial charge in [0.15, 0.2) is 0 Å². The molecule has 10 rings (SSSR count). The number of aryl methyl sites for hydroxylation is 2. The second kappa shape index (κ2) is 12.4. The van der Waals surface area contributed by atoms with Crippen LogP contribution in [-0.2, 0) is 0 Å². The molecule has 0 amide bonds. The van der Waals surface area contributed by atoms with Gasteiger partial charge in [0, 0.05) is 49.9 Å². The Labute approximate surface area is 308 Å². The van der Waals surface area contributed by atoms with Crippen molar-refractivity contribution in [2.45, 2.75) is 13.8 Å². The van der Waals surface area contributed by atoms with E-state index in [1.54, 1.807) is 0 Å². The fourth-order valence-electron chi connectivity index (χ4n) is 8.30. The molecular formula is C50H36N2O. The highest BCUT2D eigenvalue weighted by Crippen LogP contribution is 2.45. The molecule has 53 heavy (non-hydrogen) atoms. The fourth-order valence-corrected chi connectivity index (χ4v) is 8.30. The van der Waals surface area contributed by atoms with Crippen LogP contribution in [0.5, 0.6) is 0 Å². The van der Waals surface area contributed by atoms with Crippen LogP contribution in [0.1, 0.15) is 11.1 Å². The molecule has 0 aliphatic carbocycles. The summed E-state index contributed by atoms with van der Waals surface area (Å²) in [5, 5.41) is 4.71. The van der Waals surface area contributed by atoms with Gasteiger partial charge in [-0.15, -0.1) is 0 Å². The van der Waals surface area contributed by atoms with Crippen LogP contribution in [0.2, 0.25) is 0 Å². The quantitative estimate of drug-likeness (QED) is 0.174. The highest BCUT2D eigenvalue weighted by molar-refractivity contribution is 6.12. The van der Waals surface area contributed by atoms with Crippen molar-refractivity contribution in [3.8, 4) is 27.9 Å². The highest BCUT2D eigenvalue weighted by atomic mass is 16.3. The summed E-state index contributed by atoms with van der Waals surface area (Å²) in [5.74, 6) is 0. The first-order valence-electron chi connectivity index (χ1n) is 18.2. The largest absolute Gasteiger partial charge is 0.455 e. The van der Waals surface area contributed by atoms with E-state index in [0.29, 0.717) is 0 Å². The van der Waals surface area contributed by atoms with Crippen molar-refractivity contribution >= 4 is 60.8 Å². The van der Waals surface area contributed by atoms with Gasteiger partial charge in [-0.25, -0.2) is 0 Å². The minimum atomic E-state index is 0.882. The van der Waals surface area contributed by atoms with Crippen molar-refractivity contribution < 1.29 is 4.42 Å².